The maximum Gasteiger partial charge on any atom is 0.240 e. The van der Waals surface area contributed by atoms with Crippen LogP contribution in [0, 0.1) is 0 Å². The van der Waals surface area contributed by atoms with Crippen molar-refractivity contribution in [2.24, 2.45) is 0 Å². The van der Waals surface area contributed by atoms with Crippen molar-refractivity contribution in [3.63, 3.8) is 0 Å². The van der Waals surface area contributed by atoms with Crippen molar-refractivity contribution in [1.82, 2.24) is 14.3 Å². The first-order valence-corrected chi connectivity index (χ1v) is 10.7. The number of anilines is 1. The molecule has 2 heterocycles. The molecule has 1 aromatic heterocycles. The smallest absolute Gasteiger partial charge is 0.240 e. The lowest BCUT2D eigenvalue weighted by molar-refractivity contribution is -0.118. The molecular weight excluding hydrogens is 432 g/mol. The molecule has 7 nitrogen and oxygen atoms in total. The van der Waals surface area contributed by atoms with Gasteiger partial charge in [0.2, 0.25) is 21.9 Å². The lowest BCUT2D eigenvalue weighted by Gasteiger charge is -2.14. The first-order chi connectivity index (χ1) is 13.0. The number of fused-ring (bicyclic) bond motifs is 3. The fraction of sp³-hybridized carbons (Fsp3) is 0.222. The summed E-state index contributed by atoms with van der Waals surface area (Å²) in [6, 6.07) is 14.1. The summed E-state index contributed by atoms with van der Waals surface area (Å²) < 4.78 is 29.9. The van der Waals surface area contributed by atoms with Gasteiger partial charge in [0.05, 0.1) is 15.9 Å². The van der Waals surface area contributed by atoms with Gasteiger partial charge >= 0.3 is 0 Å². The first-order valence-electron chi connectivity index (χ1n) is 8.46. The van der Waals surface area contributed by atoms with Crippen LogP contribution in [-0.2, 0) is 21.4 Å². The van der Waals surface area contributed by atoms with Gasteiger partial charge in [-0.3, -0.25) is 9.69 Å². The van der Waals surface area contributed by atoms with Gasteiger partial charge in [-0.05, 0) is 36.4 Å². The highest BCUT2D eigenvalue weighted by atomic mass is 79.9. The van der Waals surface area contributed by atoms with Gasteiger partial charge in [-0.1, -0.05) is 28.1 Å². The minimum Gasteiger partial charge on any atom is -0.308 e. The van der Waals surface area contributed by atoms with Crippen LogP contribution in [0.4, 0.5) is 5.95 Å². The fourth-order valence-electron chi connectivity index (χ4n) is 3.15. The van der Waals surface area contributed by atoms with E-state index in [9.17, 15) is 13.2 Å². The van der Waals surface area contributed by atoms with Gasteiger partial charge in [0.1, 0.15) is 0 Å². The molecule has 3 aromatic rings. The predicted molar refractivity (Wildman–Crippen MR) is 106 cm³/mol. The molecule has 0 unspecified atom stereocenters. The van der Waals surface area contributed by atoms with Gasteiger partial charge < -0.3 is 4.57 Å². The summed E-state index contributed by atoms with van der Waals surface area (Å²) in [5.74, 6) is 0.472. The number of hydrogen-bond donors (Lipinski definition) is 1. The molecule has 0 radical (unpaired) electrons. The van der Waals surface area contributed by atoms with E-state index in [1.54, 1.807) is 17.0 Å². The number of carbonyl (C=O) groups is 1. The summed E-state index contributed by atoms with van der Waals surface area (Å²) in [5.41, 5.74) is 1.85. The molecule has 27 heavy (non-hydrogen) atoms. The minimum absolute atomic E-state index is 0.0357. The highest BCUT2D eigenvalue weighted by Crippen LogP contribution is 2.27. The molecule has 0 atom stereocenters. The second-order valence-corrected chi connectivity index (χ2v) is 8.88. The maximum atomic E-state index is 12.6. The molecule has 1 amide bonds. The van der Waals surface area contributed by atoms with Crippen molar-refractivity contribution in [3.8, 4) is 0 Å². The molecule has 0 saturated carbocycles. The Morgan fingerprint density at radius 2 is 1.85 bits per heavy atom. The number of nitrogens with one attached hydrogen (secondary N) is 1. The van der Waals surface area contributed by atoms with E-state index in [0.29, 0.717) is 19.0 Å². The number of aromatic nitrogens is 2. The third-order valence-corrected chi connectivity index (χ3v) is 6.48. The zero-order valence-corrected chi connectivity index (χ0v) is 16.7. The number of sulfonamides is 1. The zero-order valence-electron chi connectivity index (χ0n) is 14.3. The van der Waals surface area contributed by atoms with Gasteiger partial charge in [-0.25, -0.2) is 18.1 Å². The van der Waals surface area contributed by atoms with Gasteiger partial charge in [-0.2, -0.15) is 0 Å². The highest BCUT2D eigenvalue weighted by molar-refractivity contribution is 9.10. The Morgan fingerprint density at radius 1 is 1.11 bits per heavy atom. The molecule has 1 N–H and O–H groups in total. The Morgan fingerprint density at radius 3 is 2.63 bits per heavy atom. The summed E-state index contributed by atoms with van der Waals surface area (Å²) in [5, 5.41) is 0. The summed E-state index contributed by atoms with van der Waals surface area (Å²) in [6.45, 7) is 1.27. The van der Waals surface area contributed by atoms with Crippen molar-refractivity contribution in [1.29, 1.82) is 0 Å². The van der Waals surface area contributed by atoms with E-state index in [2.05, 4.69) is 25.6 Å². The van der Waals surface area contributed by atoms with Crippen molar-refractivity contribution in [3.05, 3.63) is 53.0 Å². The monoisotopic (exact) mass is 448 g/mol. The summed E-state index contributed by atoms with van der Waals surface area (Å²) >= 11 is 3.27. The standard InChI is InChI=1S/C18H17BrN4O3S/c19-13-5-7-14(8-6-13)27(25,26)20-10-9-17(24)23-12-11-22-16-4-2-1-3-15(16)21-18(22)23/h1-8,20H,9-12H2. The van der Waals surface area contributed by atoms with Crippen LogP contribution in [0.1, 0.15) is 6.42 Å². The van der Waals surface area contributed by atoms with Crippen LogP contribution in [0.25, 0.3) is 11.0 Å². The van der Waals surface area contributed by atoms with Gasteiger partial charge in [-0.15, -0.1) is 0 Å². The molecule has 0 bridgehead atoms. The van der Waals surface area contributed by atoms with Crippen LogP contribution in [-0.4, -0.2) is 37.0 Å². The summed E-state index contributed by atoms with van der Waals surface area (Å²) in [7, 11) is -3.64. The molecule has 4 rings (SSSR count). The minimum atomic E-state index is -3.64. The lowest BCUT2D eigenvalue weighted by Crippen LogP contribution is -2.33. The molecule has 140 valence electrons. The summed E-state index contributed by atoms with van der Waals surface area (Å²) in [4.78, 5) is 18.9. The maximum absolute atomic E-state index is 12.6. The van der Waals surface area contributed by atoms with E-state index in [1.165, 1.54) is 12.1 Å². The van der Waals surface area contributed by atoms with Gasteiger partial charge in [0.15, 0.2) is 0 Å². The van der Waals surface area contributed by atoms with E-state index in [-0.39, 0.29) is 23.8 Å². The Hall–Kier alpha value is -2.23. The van der Waals surface area contributed by atoms with Crippen LogP contribution in [0.3, 0.4) is 0 Å². The van der Waals surface area contributed by atoms with Crippen LogP contribution in [0.2, 0.25) is 0 Å². The Bertz CT molecular complexity index is 1110. The lowest BCUT2D eigenvalue weighted by atomic mass is 10.3. The van der Waals surface area contributed by atoms with Crippen LogP contribution < -0.4 is 9.62 Å². The molecule has 1 aliphatic rings. The second-order valence-electron chi connectivity index (χ2n) is 6.20. The van der Waals surface area contributed by atoms with Crippen molar-refractivity contribution >= 4 is 48.8 Å². The van der Waals surface area contributed by atoms with Crippen molar-refractivity contribution < 1.29 is 13.2 Å². The normalized spacial score (nSPS) is 13.9. The third-order valence-electron chi connectivity index (χ3n) is 4.48. The topological polar surface area (TPSA) is 84.3 Å². The molecule has 0 fully saturated rings. The Kier molecular flexibility index (Phi) is 4.75. The quantitative estimate of drug-likeness (QED) is 0.649. The van der Waals surface area contributed by atoms with E-state index in [0.717, 1.165) is 15.5 Å². The SMILES string of the molecule is O=C(CCNS(=O)(=O)c1ccc(Br)cc1)N1CCn2c1nc1ccccc12. The number of para-hydroxylation sites is 2. The second kappa shape index (κ2) is 7.06. The zero-order chi connectivity index (χ0) is 19.0. The Balaban J connectivity index is 1.42. The number of nitrogens with zero attached hydrogens (tertiary/aromatic N) is 3. The van der Waals surface area contributed by atoms with Crippen molar-refractivity contribution in [2.45, 2.75) is 17.9 Å². The molecule has 0 saturated heterocycles. The fourth-order valence-corrected chi connectivity index (χ4v) is 4.45. The Labute approximate surface area is 165 Å². The summed E-state index contributed by atoms with van der Waals surface area (Å²) in [6.07, 6.45) is 0.0684. The average molecular weight is 449 g/mol. The van der Waals surface area contributed by atoms with E-state index in [1.807, 2.05) is 28.8 Å². The molecular formula is C18H17BrN4O3S. The number of rotatable bonds is 5. The average Bonchev–Trinajstić information content (AvgIpc) is 3.21. The van der Waals surface area contributed by atoms with E-state index in [4.69, 9.17) is 0 Å². The van der Waals surface area contributed by atoms with E-state index < -0.39 is 10.0 Å². The first kappa shape index (κ1) is 18.1. The van der Waals surface area contributed by atoms with Crippen LogP contribution >= 0.6 is 15.9 Å². The van der Waals surface area contributed by atoms with E-state index >= 15 is 0 Å². The number of halogens is 1. The molecule has 1 aliphatic heterocycles. The molecule has 0 aliphatic carbocycles. The number of hydrogen-bond acceptors (Lipinski definition) is 4. The third kappa shape index (κ3) is 3.50. The van der Waals surface area contributed by atoms with Gasteiger partial charge in [0.25, 0.3) is 0 Å². The predicted octanol–water partition coefficient (Wildman–Crippen LogP) is 2.51. The number of amides is 1. The van der Waals surface area contributed by atoms with Crippen LogP contribution in [0.15, 0.2) is 57.9 Å². The molecule has 0 spiro atoms. The highest BCUT2D eigenvalue weighted by Gasteiger charge is 2.28. The number of carbonyl (C=O) groups excluding carboxylic acids is 1. The van der Waals surface area contributed by atoms with Gasteiger partial charge in [0, 0.05) is 30.5 Å². The van der Waals surface area contributed by atoms with Crippen molar-refractivity contribution in [2.75, 3.05) is 18.0 Å². The number of benzene rings is 2. The largest absolute Gasteiger partial charge is 0.308 e. The number of imidazole rings is 1. The molecule has 9 heteroatoms. The van der Waals surface area contributed by atoms with Crippen LogP contribution in [0.5, 0.6) is 0 Å². The molecule has 2 aromatic carbocycles.